The Morgan fingerprint density at radius 2 is 1.32 bits per heavy atom. The summed E-state index contributed by atoms with van der Waals surface area (Å²) in [7, 11) is 4.01. The molecule has 4 nitrogen and oxygen atoms in total. The van der Waals surface area contributed by atoms with Gasteiger partial charge in [-0.25, -0.2) is 9.13 Å². The summed E-state index contributed by atoms with van der Waals surface area (Å²) >= 11 is 0. The van der Waals surface area contributed by atoms with E-state index in [9.17, 15) is 0 Å². The molecule has 98 valence electrons. The fourth-order valence-electron chi connectivity index (χ4n) is 1.93. The van der Waals surface area contributed by atoms with Gasteiger partial charge in [-0.2, -0.15) is 0 Å². The molecule has 0 aliphatic carbocycles. The van der Waals surface area contributed by atoms with Crippen LogP contribution in [0.5, 0.6) is 0 Å². The first-order valence-electron chi connectivity index (χ1n) is 5.82. The Bertz CT molecular complexity index is 629. The van der Waals surface area contributed by atoms with Gasteiger partial charge in [0.15, 0.2) is 12.7 Å². The Hall–Kier alpha value is -1.72. The maximum atomic E-state index is 3.40. The molecule has 1 aromatic carbocycles. The van der Waals surface area contributed by atoms with Crippen LogP contribution in [0.15, 0.2) is 55.6 Å². The maximum absolute atomic E-state index is 3.40. The van der Waals surface area contributed by atoms with Crippen LogP contribution in [0.3, 0.4) is 0 Å². The van der Waals surface area contributed by atoms with Gasteiger partial charge in [-0.05, 0) is 6.07 Å². The number of hydrogen-bond donors (Lipinski definition) is 0. The van der Waals surface area contributed by atoms with Crippen molar-refractivity contribution in [1.29, 1.82) is 0 Å². The number of hydrogen-bond acceptors (Lipinski definition) is 0. The minimum atomic E-state index is 0. The molecule has 0 atom stereocenters. The number of imidazole rings is 2. The number of aryl methyl sites for hydroxylation is 2. The molecule has 0 fully saturated rings. The molecule has 3 aromatic rings. The summed E-state index contributed by atoms with van der Waals surface area (Å²) < 4.78 is 8.12. The van der Waals surface area contributed by atoms with E-state index in [1.807, 2.05) is 88.0 Å². The first kappa shape index (κ1) is 13.7. The zero-order chi connectivity index (χ0) is 12.5. The minimum absolute atomic E-state index is 0. The molecule has 0 unspecified atom stereocenters. The van der Waals surface area contributed by atoms with Gasteiger partial charge in [0.25, 0.3) is 0 Å². The van der Waals surface area contributed by atoms with Crippen LogP contribution in [-0.2, 0) is 33.9 Å². The molecule has 2 aromatic heterocycles. The van der Waals surface area contributed by atoms with Crippen LogP contribution in [0.4, 0.5) is 0 Å². The van der Waals surface area contributed by atoms with Gasteiger partial charge in [0.1, 0.15) is 24.8 Å². The topological polar surface area (TPSA) is 19.7 Å². The van der Waals surface area contributed by atoms with E-state index < -0.39 is 0 Å². The summed E-state index contributed by atoms with van der Waals surface area (Å²) in [6, 6.07) is 9.54. The van der Waals surface area contributed by atoms with E-state index in [0.29, 0.717) is 0 Å². The van der Waals surface area contributed by atoms with Gasteiger partial charge in [0.2, 0.25) is 0 Å². The second-order valence-corrected chi connectivity index (χ2v) is 4.39. The Labute approximate surface area is 125 Å². The zero-order valence-corrected chi connectivity index (χ0v) is 13.4. The molecule has 0 bridgehead atoms. The number of benzene rings is 1. The van der Waals surface area contributed by atoms with Gasteiger partial charge in [0.05, 0.1) is 0 Å². The minimum Gasteiger partial charge on any atom is -0.255 e. The molecule has 0 saturated carbocycles. The van der Waals surface area contributed by atoms with Crippen molar-refractivity contribution in [3.8, 4) is 11.4 Å². The standard InChI is InChI=1S/C14H15N4.Os/c1-15-6-8-17(11-15)13-4-3-5-14(10-13)18-9-7-16(2)12-18;/h3-9,11-12H,1-2H3;/q+1;. The monoisotopic (exact) mass is 431 g/mol. The molecular formula is C14H15N4Os+. The number of nitrogens with zero attached hydrogens (tertiary/aromatic N) is 4. The van der Waals surface area contributed by atoms with Crippen LogP contribution < -0.4 is 0 Å². The van der Waals surface area contributed by atoms with Crippen LogP contribution in [-0.4, -0.2) is 18.3 Å². The first-order valence-corrected chi connectivity index (χ1v) is 5.82. The van der Waals surface area contributed by atoms with Gasteiger partial charge >= 0.3 is 0 Å². The van der Waals surface area contributed by atoms with E-state index in [1.54, 1.807) is 0 Å². The van der Waals surface area contributed by atoms with Crippen molar-refractivity contribution in [2.75, 3.05) is 0 Å². The number of aromatic nitrogens is 4. The van der Waals surface area contributed by atoms with Crippen molar-refractivity contribution in [2.45, 2.75) is 0 Å². The predicted molar refractivity (Wildman–Crippen MR) is 70.7 cm³/mol. The summed E-state index contributed by atoms with van der Waals surface area (Å²) in [5.74, 6) is 0. The average molecular weight is 430 g/mol. The second-order valence-electron chi connectivity index (χ2n) is 4.39. The third-order valence-corrected chi connectivity index (χ3v) is 2.86. The van der Waals surface area contributed by atoms with Crippen molar-refractivity contribution in [3.05, 3.63) is 61.7 Å². The molecule has 0 saturated heterocycles. The van der Waals surface area contributed by atoms with Gasteiger partial charge in [-0.15, -0.1) is 18.2 Å². The molecule has 0 aliphatic rings. The summed E-state index contributed by atoms with van der Waals surface area (Å²) in [5.41, 5.74) is 2.06. The summed E-state index contributed by atoms with van der Waals surface area (Å²) in [5, 5.41) is 0. The van der Waals surface area contributed by atoms with E-state index in [0.717, 1.165) is 11.4 Å². The molecule has 2 heterocycles. The van der Waals surface area contributed by atoms with E-state index in [4.69, 9.17) is 0 Å². The largest absolute Gasteiger partial charge is 0.255 e. The van der Waals surface area contributed by atoms with E-state index in [1.165, 1.54) is 0 Å². The van der Waals surface area contributed by atoms with Crippen molar-refractivity contribution < 1.29 is 19.8 Å². The molecule has 0 N–H and O–H groups in total. The summed E-state index contributed by atoms with van der Waals surface area (Å²) in [4.78, 5) is 0. The number of rotatable bonds is 2. The third kappa shape index (κ3) is 2.82. The maximum Gasteiger partial charge on any atom is 0.163 e. The summed E-state index contributed by atoms with van der Waals surface area (Å²) in [6.45, 7) is 0. The van der Waals surface area contributed by atoms with Crippen LogP contribution >= 0.6 is 0 Å². The average Bonchev–Trinajstić information content (AvgIpc) is 2.98. The van der Waals surface area contributed by atoms with Crippen LogP contribution in [0.2, 0.25) is 0 Å². The molecule has 3 rings (SSSR count). The Balaban J connectivity index is 0.00000133. The molecule has 0 amide bonds. The molecule has 0 aliphatic heterocycles. The third-order valence-electron chi connectivity index (χ3n) is 2.86. The Morgan fingerprint density at radius 3 is 1.68 bits per heavy atom. The Morgan fingerprint density at radius 1 is 0.842 bits per heavy atom. The van der Waals surface area contributed by atoms with Crippen LogP contribution in [0.1, 0.15) is 0 Å². The quantitative estimate of drug-likeness (QED) is 0.557. The van der Waals surface area contributed by atoms with E-state index in [2.05, 4.69) is 6.07 Å². The van der Waals surface area contributed by atoms with Gasteiger partial charge in [-0.1, -0.05) is 0 Å². The van der Waals surface area contributed by atoms with Crippen molar-refractivity contribution in [3.63, 3.8) is 0 Å². The zero-order valence-electron chi connectivity index (χ0n) is 10.8. The predicted octanol–water partition coefficient (Wildman–Crippen LogP) is 2.30. The molecule has 5 heteroatoms. The molecule has 19 heavy (non-hydrogen) atoms. The smallest absolute Gasteiger partial charge is 0.163 e. The van der Waals surface area contributed by atoms with Crippen molar-refractivity contribution in [1.82, 2.24) is 18.3 Å². The van der Waals surface area contributed by atoms with Gasteiger partial charge < -0.3 is 0 Å². The molecule has 0 spiro atoms. The Kier molecular flexibility index (Phi) is 3.97. The molecular weight excluding hydrogens is 414 g/mol. The molecule has 0 radical (unpaired) electrons. The first-order chi connectivity index (χ1) is 8.72. The second kappa shape index (κ2) is 5.50. The normalized spacial score (nSPS) is 10.2. The summed E-state index contributed by atoms with van der Waals surface area (Å²) in [6.07, 6.45) is 12.1. The van der Waals surface area contributed by atoms with Crippen molar-refractivity contribution in [2.24, 2.45) is 14.1 Å². The van der Waals surface area contributed by atoms with E-state index in [-0.39, 0.29) is 19.8 Å². The fourth-order valence-corrected chi connectivity index (χ4v) is 1.93. The van der Waals surface area contributed by atoms with E-state index >= 15 is 0 Å². The van der Waals surface area contributed by atoms with Gasteiger partial charge in [-0.3, -0.25) is 9.13 Å². The van der Waals surface area contributed by atoms with Crippen LogP contribution in [0, 0.1) is 6.07 Å². The SMILES string of the molecule is Cn1ccn(-c2[c-]c(-n3ccn(C)[cH+]3)ccc2)[cH+]1.[Os]. The van der Waals surface area contributed by atoms with Crippen LogP contribution in [0.25, 0.3) is 11.4 Å². The van der Waals surface area contributed by atoms with Crippen molar-refractivity contribution >= 4 is 0 Å². The van der Waals surface area contributed by atoms with Gasteiger partial charge in [0, 0.05) is 45.3 Å². The fraction of sp³-hybridized carbons (Fsp3) is 0.143.